The topological polar surface area (TPSA) is 0 Å². The van der Waals surface area contributed by atoms with Crippen LogP contribution in [0.1, 0.15) is 112 Å². The summed E-state index contributed by atoms with van der Waals surface area (Å²) in [5.41, 5.74) is 4.73. The molecule has 3 fully saturated rings. The number of rotatable bonds is 5. The highest BCUT2D eigenvalue weighted by atomic mass is 14.6. The molecule has 0 amide bonds. The Morgan fingerprint density at radius 2 is 1.69 bits per heavy atom. The van der Waals surface area contributed by atoms with Gasteiger partial charge in [0.05, 0.1) is 0 Å². The van der Waals surface area contributed by atoms with Crippen molar-refractivity contribution in [2.45, 2.75) is 112 Å². The highest BCUT2D eigenvalue weighted by Gasteiger charge is 2.56. The van der Waals surface area contributed by atoms with Gasteiger partial charge in [-0.05, 0) is 97.7 Å². The van der Waals surface area contributed by atoms with Crippen molar-refractivity contribution in [3.05, 3.63) is 23.3 Å². The van der Waals surface area contributed by atoms with Crippen LogP contribution < -0.4 is 0 Å². The van der Waals surface area contributed by atoms with E-state index < -0.39 is 0 Å². The molecule has 0 heterocycles. The van der Waals surface area contributed by atoms with Gasteiger partial charge in [-0.1, -0.05) is 84.1 Å². The fourth-order valence-electron chi connectivity index (χ4n) is 8.35. The van der Waals surface area contributed by atoms with E-state index in [0.717, 1.165) is 35.5 Å². The average Bonchev–Trinajstić information content (AvgIpc) is 2.94. The Bertz CT molecular complexity index is 651. The molecule has 4 rings (SSSR count). The summed E-state index contributed by atoms with van der Waals surface area (Å²) in [6.07, 6.45) is 21.1. The van der Waals surface area contributed by atoms with Gasteiger partial charge in [-0.2, -0.15) is 0 Å². The minimum Gasteiger partial charge on any atom is -0.0637 e. The van der Waals surface area contributed by atoms with Crippen molar-refractivity contribution in [1.29, 1.82) is 0 Å². The molecule has 0 nitrogen and oxygen atoms in total. The molecule has 4 unspecified atom stereocenters. The second-order valence-electron chi connectivity index (χ2n) is 12.6. The molecule has 0 bridgehead atoms. The summed E-state index contributed by atoms with van der Waals surface area (Å²) >= 11 is 0. The molecule has 0 aliphatic heterocycles. The van der Waals surface area contributed by atoms with Crippen molar-refractivity contribution in [1.82, 2.24) is 0 Å². The van der Waals surface area contributed by atoms with Crippen LogP contribution in [-0.2, 0) is 0 Å². The standard InChI is InChI=1S/C29H48/c1-20(2)8-7-9-22(4)25-14-15-26-24-13-12-23-11-10-21(3)16-18-28(23,5)27(24)17-19-29(25,26)6/h12-13,20-22,25-27H,7-11,14-19H2,1-6H3/t21?,22-,25-,26+,27?,28?,29?/m1/s1. The molecule has 3 saturated carbocycles. The van der Waals surface area contributed by atoms with Crippen molar-refractivity contribution in [2.24, 2.45) is 46.3 Å². The van der Waals surface area contributed by atoms with E-state index in [2.05, 4.69) is 53.7 Å². The summed E-state index contributed by atoms with van der Waals surface area (Å²) in [7, 11) is 0. The van der Waals surface area contributed by atoms with Crippen LogP contribution in [0.5, 0.6) is 0 Å². The van der Waals surface area contributed by atoms with Crippen LogP contribution in [0.2, 0.25) is 0 Å². The lowest BCUT2D eigenvalue weighted by atomic mass is 9.51. The highest BCUT2D eigenvalue weighted by molar-refractivity contribution is 5.38. The number of fused-ring (bicyclic) bond motifs is 5. The Kier molecular flexibility index (Phi) is 6.14. The molecule has 0 saturated heterocycles. The first-order chi connectivity index (χ1) is 13.8. The first-order valence-electron chi connectivity index (χ1n) is 13.2. The number of allylic oxidation sites excluding steroid dienone is 4. The molecule has 164 valence electrons. The van der Waals surface area contributed by atoms with Gasteiger partial charge in [0, 0.05) is 0 Å². The van der Waals surface area contributed by atoms with E-state index in [0.29, 0.717) is 10.8 Å². The molecule has 0 aromatic carbocycles. The van der Waals surface area contributed by atoms with Crippen LogP contribution in [0.15, 0.2) is 23.3 Å². The van der Waals surface area contributed by atoms with Gasteiger partial charge >= 0.3 is 0 Å². The van der Waals surface area contributed by atoms with Gasteiger partial charge in [0.15, 0.2) is 0 Å². The lowest BCUT2D eigenvalue weighted by molar-refractivity contribution is 0.0514. The van der Waals surface area contributed by atoms with Gasteiger partial charge in [-0.15, -0.1) is 0 Å². The zero-order valence-electron chi connectivity index (χ0n) is 20.4. The smallest absolute Gasteiger partial charge is 0.00476 e. The second-order valence-corrected chi connectivity index (χ2v) is 12.6. The fourth-order valence-corrected chi connectivity index (χ4v) is 8.35. The SMILES string of the molecule is CC(C)CCC[C@@H](C)[C@H]1CC[C@H]2C3=CC=C4CCC(C)CCC4(C)C3CCC12C. The predicted octanol–water partition coefficient (Wildman–Crippen LogP) is 8.97. The first kappa shape index (κ1) is 21.7. The first-order valence-corrected chi connectivity index (χ1v) is 13.2. The monoisotopic (exact) mass is 396 g/mol. The van der Waals surface area contributed by atoms with E-state index in [1.807, 2.05) is 5.57 Å². The highest BCUT2D eigenvalue weighted by Crippen LogP contribution is 2.66. The third kappa shape index (κ3) is 3.80. The summed E-state index contributed by atoms with van der Waals surface area (Å²) < 4.78 is 0. The van der Waals surface area contributed by atoms with E-state index in [1.165, 1.54) is 70.6 Å². The summed E-state index contributed by atoms with van der Waals surface area (Å²) in [6.45, 7) is 15.2. The van der Waals surface area contributed by atoms with Crippen LogP contribution in [0, 0.1) is 46.3 Å². The summed E-state index contributed by atoms with van der Waals surface area (Å²) in [4.78, 5) is 0. The zero-order valence-corrected chi connectivity index (χ0v) is 20.4. The summed E-state index contributed by atoms with van der Waals surface area (Å²) in [5, 5.41) is 0. The Morgan fingerprint density at radius 3 is 2.45 bits per heavy atom. The van der Waals surface area contributed by atoms with Crippen molar-refractivity contribution >= 4 is 0 Å². The van der Waals surface area contributed by atoms with Crippen LogP contribution in [-0.4, -0.2) is 0 Å². The van der Waals surface area contributed by atoms with Gasteiger partial charge < -0.3 is 0 Å². The Hall–Kier alpha value is -0.520. The van der Waals surface area contributed by atoms with Crippen LogP contribution in [0.25, 0.3) is 0 Å². The van der Waals surface area contributed by atoms with Crippen LogP contribution >= 0.6 is 0 Å². The quantitative estimate of drug-likeness (QED) is 0.435. The van der Waals surface area contributed by atoms with Crippen LogP contribution in [0.3, 0.4) is 0 Å². The van der Waals surface area contributed by atoms with E-state index in [1.54, 1.807) is 5.57 Å². The molecule has 0 aromatic rings. The molecule has 4 aliphatic rings. The maximum Gasteiger partial charge on any atom is -0.00476 e. The lowest BCUT2D eigenvalue weighted by Crippen LogP contribution is -2.44. The van der Waals surface area contributed by atoms with Crippen molar-refractivity contribution < 1.29 is 0 Å². The van der Waals surface area contributed by atoms with E-state index in [-0.39, 0.29) is 0 Å². The molecule has 0 N–H and O–H groups in total. The number of hydrogen-bond donors (Lipinski definition) is 0. The van der Waals surface area contributed by atoms with Gasteiger partial charge in [0.25, 0.3) is 0 Å². The Balaban J connectivity index is 1.53. The Morgan fingerprint density at radius 1 is 0.897 bits per heavy atom. The van der Waals surface area contributed by atoms with Gasteiger partial charge in [0.2, 0.25) is 0 Å². The summed E-state index contributed by atoms with van der Waals surface area (Å²) in [5.74, 6) is 5.35. The molecule has 7 atom stereocenters. The Labute approximate surface area is 182 Å². The molecule has 4 aliphatic carbocycles. The molecule has 0 heteroatoms. The molecular weight excluding hydrogens is 348 g/mol. The van der Waals surface area contributed by atoms with Crippen LogP contribution in [0.4, 0.5) is 0 Å². The van der Waals surface area contributed by atoms with E-state index in [9.17, 15) is 0 Å². The van der Waals surface area contributed by atoms with Crippen molar-refractivity contribution in [2.75, 3.05) is 0 Å². The maximum absolute atomic E-state index is 2.70. The van der Waals surface area contributed by atoms with Gasteiger partial charge in [-0.3, -0.25) is 0 Å². The largest absolute Gasteiger partial charge is 0.0637 e. The molecule has 29 heavy (non-hydrogen) atoms. The predicted molar refractivity (Wildman–Crippen MR) is 127 cm³/mol. The van der Waals surface area contributed by atoms with E-state index in [4.69, 9.17) is 0 Å². The number of hydrogen-bond acceptors (Lipinski definition) is 0. The molecule has 0 spiro atoms. The lowest BCUT2D eigenvalue weighted by Gasteiger charge is -2.53. The molecular formula is C29H48. The normalized spacial score (nSPS) is 43.0. The molecule has 0 aromatic heterocycles. The molecule has 0 radical (unpaired) electrons. The third-order valence-electron chi connectivity index (χ3n) is 10.4. The van der Waals surface area contributed by atoms with Crippen molar-refractivity contribution in [3.63, 3.8) is 0 Å². The second kappa shape index (κ2) is 8.20. The minimum absolute atomic E-state index is 0.469. The van der Waals surface area contributed by atoms with Gasteiger partial charge in [-0.25, -0.2) is 0 Å². The average molecular weight is 397 g/mol. The fraction of sp³-hybridized carbons (Fsp3) is 0.862. The minimum atomic E-state index is 0.469. The van der Waals surface area contributed by atoms with Crippen molar-refractivity contribution in [3.8, 4) is 0 Å². The zero-order chi connectivity index (χ0) is 20.8. The summed E-state index contributed by atoms with van der Waals surface area (Å²) in [6, 6.07) is 0. The van der Waals surface area contributed by atoms with Gasteiger partial charge in [0.1, 0.15) is 0 Å². The van der Waals surface area contributed by atoms with E-state index >= 15 is 0 Å². The third-order valence-corrected chi connectivity index (χ3v) is 10.4. The maximum atomic E-state index is 2.70.